The highest BCUT2D eigenvalue weighted by Gasteiger charge is 2.39. The molecular formula is C13H16F3N5O. The molecule has 0 aliphatic rings. The molecule has 0 bridgehead atoms. The molecule has 2 atom stereocenters. The van der Waals surface area contributed by atoms with E-state index in [-0.39, 0.29) is 0 Å². The fraction of sp³-hybridized carbons (Fsp3) is 0.462. The van der Waals surface area contributed by atoms with Crippen LogP contribution in [0.15, 0.2) is 30.3 Å². The molecule has 2 rings (SSSR count). The average molecular weight is 315 g/mol. The lowest BCUT2D eigenvalue weighted by molar-refractivity contribution is -0.208. The van der Waals surface area contributed by atoms with Crippen LogP contribution in [-0.2, 0) is 0 Å². The van der Waals surface area contributed by atoms with Gasteiger partial charge in [-0.2, -0.15) is 17.9 Å². The third kappa shape index (κ3) is 3.60. The highest BCUT2D eigenvalue weighted by atomic mass is 19.4. The van der Waals surface area contributed by atoms with Crippen molar-refractivity contribution in [1.29, 1.82) is 0 Å². The van der Waals surface area contributed by atoms with Gasteiger partial charge >= 0.3 is 6.18 Å². The molecule has 22 heavy (non-hydrogen) atoms. The Morgan fingerprint density at radius 1 is 1.27 bits per heavy atom. The number of aliphatic hydroxyl groups excluding tert-OH is 1. The van der Waals surface area contributed by atoms with Gasteiger partial charge in [0.1, 0.15) is 0 Å². The second-order valence-corrected chi connectivity index (χ2v) is 4.96. The van der Waals surface area contributed by atoms with Crippen LogP contribution < -0.4 is 0 Å². The zero-order valence-corrected chi connectivity index (χ0v) is 12.1. The van der Waals surface area contributed by atoms with E-state index < -0.39 is 24.9 Å². The standard InChI is InChI=1S/C13H16F3N5O/c1-9(20(2)8-11(22)13(14,15)16)12-17-18-19-21(12)10-6-4-3-5-7-10/h3-7,9,11,22H,8H2,1-2H3. The lowest BCUT2D eigenvalue weighted by Crippen LogP contribution is -2.40. The molecule has 1 aromatic heterocycles. The molecule has 0 fully saturated rings. The van der Waals surface area contributed by atoms with Gasteiger partial charge in [0.15, 0.2) is 11.9 Å². The highest BCUT2D eigenvalue weighted by molar-refractivity contribution is 5.30. The molecule has 0 saturated carbocycles. The third-order valence-corrected chi connectivity index (χ3v) is 3.37. The van der Waals surface area contributed by atoms with Crippen molar-refractivity contribution in [1.82, 2.24) is 25.1 Å². The summed E-state index contributed by atoms with van der Waals surface area (Å²) in [6.45, 7) is 1.11. The van der Waals surface area contributed by atoms with Gasteiger partial charge in [0, 0.05) is 6.54 Å². The first-order valence-electron chi connectivity index (χ1n) is 6.59. The maximum atomic E-state index is 12.4. The lowest BCUT2D eigenvalue weighted by atomic mass is 10.2. The molecule has 2 unspecified atom stereocenters. The molecule has 120 valence electrons. The molecule has 0 spiro atoms. The smallest absolute Gasteiger partial charge is 0.382 e. The molecule has 1 heterocycles. The Morgan fingerprint density at radius 2 is 1.91 bits per heavy atom. The molecule has 0 aliphatic carbocycles. The maximum absolute atomic E-state index is 12.4. The van der Waals surface area contributed by atoms with Crippen LogP contribution in [0.1, 0.15) is 18.8 Å². The van der Waals surface area contributed by atoms with Gasteiger partial charge < -0.3 is 5.11 Å². The number of aliphatic hydroxyl groups is 1. The molecular weight excluding hydrogens is 299 g/mol. The summed E-state index contributed by atoms with van der Waals surface area (Å²) in [4.78, 5) is 1.35. The average Bonchev–Trinajstić information content (AvgIpc) is 2.95. The lowest BCUT2D eigenvalue weighted by Gasteiger charge is -2.26. The minimum Gasteiger partial charge on any atom is -0.382 e. The van der Waals surface area contributed by atoms with Gasteiger partial charge in [0.25, 0.3) is 0 Å². The van der Waals surface area contributed by atoms with Gasteiger partial charge in [-0.15, -0.1) is 5.10 Å². The molecule has 1 aromatic carbocycles. The van der Waals surface area contributed by atoms with Gasteiger partial charge in [-0.25, -0.2) is 0 Å². The first-order chi connectivity index (χ1) is 10.3. The second-order valence-electron chi connectivity index (χ2n) is 4.96. The molecule has 9 heteroatoms. The Morgan fingerprint density at radius 3 is 2.50 bits per heavy atom. The topological polar surface area (TPSA) is 67.1 Å². The van der Waals surface area contributed by atoms with Gasteiger partial charge in [0.05, 0.1) is 11.7 Å². The van der Waals surface area contributed by atoms with E-state index in [1.807, 2.05) is 18.2 Å². The predicted octanol–water partition coefficient (Wildman–Crippen LogP) is 1.58. The van der Waals surface area contributed by atoms with E-state index in [0.29, 0.717) is 11.5 Å². The van der Waals surface area contributed by atoms with E-state index in [4.69, 9.17) is 5.11 Å². The van der Waals surface area contributed by atoms with Crippen LogP contribution in [0.25, 0.3) is 5.69 Å². The molecule has 6 nitrogen and oxygen atoms in total. The number of hydrogen-bond acceptors (Lipinski definition) is 5. The van der Waals surface area contributed by atoms with Crippen LogP contribution in [0.5, 0.6) is 0 Å². The van der Waals surface area contributed by atoms with Crippen molar-refractivity contribution in [3.63, 3.8) is 0 Å². The third-order valence-electron chi connectivity index (χ3n) is 3.37. The number of hydrogen-bond donors (Lipinski definition) is 1. The summed E-state index contributed by atoms with van der Waals surface area (Å²) in [5.74, 6) is 0.392. The van der Waals surface area contributed by atoms with Crippen LogP contribution in [0.2, 0.25) is 0 Å². The summed E-state index contributed by atoms with van der Waals surface area (Å²) in [5.41, 5.74) is 0.708. The van der Waals surface area contributed by atoms with Crippen molar-refractivity contribution in [2.75, 3.05) is 13.6 Å². The number of rotatable bonds is 5. The first-order valence-corrected chi connectivity index (χ1v) is 6.59. The van der Waals surface area contributed by atoms with E-state index in [1.54, 1.807) is 19.1 Å². The van der Waals surface area contributed by atoms with E-state index in [2.05, 4.69) is 15.5 Å². The fourth-order valence-electron chi connectivity index (χ4n) is 1.94. The molecule has 1 N–H and O–H groups in total. The Hall–Kier alpha value is -2.00. The van der Waals surface area contributed by atoms with Gasteiger partial charge in [-0.05, 0) is 36.5 Å². The predicted molar refractivity (Wildman–Crippen MR) is 72.3 cm³/mol. The Balaban J connectivity index is 2.17. The number of para-hydroxylation sites is 1. The summed E-state index contributed by atoms with van der Waals surface area (Å²) in [5, 5.41) is 20.5. The second kappa shape index (κ2) is 6.41. The monoisotopic (exact) mass is 315 g/mol. The van der Waals surface area contributed by atoms with Crippen molar-refractivity contribution >= 4 is 0 Å². The Bertz CT molecular complexity index is 601. The molecule has 0 radical (unpaired) electrons. The van der Waals surface area contributed by atoms with Gasteiger partial charge in [-0.1, -0.05) is 18.2 Å². The number of tetrazole rings is 1. The number of halogens is 3. The number of likely N-dealkylation sites (N-methyl/N-ethyl adjacent to an activating group) is 1. The SMILES string of the molecule is CC(c1nnnn1-c1ccccc1)N(C)CC(O)C(F)(F)F. The summed E-state index contributed by atoms with van der Waals surface area (Å²) >= 11 is 0. The molecule has 0 amide bonds. The van der Waals surface area contributed by atoms with Crippen LogP contribution in [0.3, 0.4) is 0 Å². The fourth-order valence-corrected chi connectivity index (χ4v) is 1.94. The summed E-state index contributed by atoms with van der Waals surface area (Å²) < 4.78 is 38.8. The molecule has 0 aliphatic heterocycles. The number of aromatic nitrogens is 4. The van der Waals surface area contributed by atoms with Crippen molar-refractivity contribution in [2.24, 2.45) is 0 Å². The largest absolute Gasteiger partial charge is 0.415 e. The Labute approximate surface area is 125 Å². The van der Waals surface area contributed by atoms with Crippen molar-refractivity contribution in [3.8, 4) is 5.69 Å². The van der Waals surface area contributed by atoms with Crippen LogP contribution in [0.4, 0.5) is 13.2 Å². The number of benzene rings is 1. The van der Waals surface area contributed by atoms with Crippen molar-refractivity contribution < 1.29 is 18.3 Å². The summed E-state index contributed by atoms with van der Waals surface area (Å²) in [7, 11) is 1.48. The van der Waals surface area contributed by atoms with Crippen molar-refractivity contribution in [2.45, 2.75) is 25.2 Å². The normalized spacial score (nSPS) is 15.0. The zero-order valence-electron chi connectivity index (χ0n) is 12.1. The summed E-state index contributed by atoms with van der Waals surface area (Å²) in [6.07, 6.45) is -7.07. The quantitative estimate of drug-likeness (QED) is 0.907. The Kier molecular flexibility index (Phi) is 4.77. The minimum atomic E-state index is -4.65. The number of alkyl halides is 3. The molecule has 2 aromatic rings. The minimum absolute atomic E-state index is 0.392. The van der Waals surface area contributed by atoms with E-state index in [1.165, 1.54) is 16.6 Å². The first kappa shape index (κ1) is 16.4. The van der Waals surface area contributed by atoms with E-state index in [9.17, 15) is 13.2 Å². The highest BCUT2D eigenvalue weighted by Crippen LogP contribution is 2.24. The van der Waals surface area contributed by atoms with Gasteiger partial charge in [-0.3, -0.25) is 4.90 Å². The van der Waals surface area contributed by atoms with E-state index >= 15 is 0 Å². The van der Waals surface area contributed by atoms with Crippen LogP contribution >= 0.6 is 0 Å². The zero-order chi connectivity index (χ0) is 16.3. The number of nitrogens with zero attached hydrogens (tertiary/aromatic N) is 5. The van der Waals surface area contributed by atoms with Crippen LogP contribution in [0, 0.1) is 0 Å². The maximum Gasteiger partial charge on any atom is 0.415 e. The van der Waals surface area contributed by atoms with Gasteiger partial charge in [0.2, 0.25) is 0 Å². The summed E-state index contributed by atoms with van der Waals surface area (Å²) in [6, 6.07) is 8.52. The van der Waals surface area contributed by atoms with E-state index in [0.717, 1.165) is 0 Å². The van der Waals surface area contributed by atoms with Crippen molar-refractivity contribution in [3.05, 3.63) is 36.2 Å². The van der Waals surface area contributed by atoms with Crippen LogP contribution in [-0.4, -0.2) is 56.1 Å². The molecule has 0 saturated heterocycles.